The van der Waals surface area contributed by atoms with Crippen molar-refractivity contribution in [2.45, 2.75) is 12.3 Å². The Balaban J connectivity index is 3.03. The Morgan fingerprint density at radius 3 is 0.885 bits per heavy atom. The molecule has 0 rings (SSSR count). The van der Waals surface area contributed by atoms with Crippen LogP contribution in [-0.2, 0) is 28.4 Å². The predicted molar refractivity (Wildman–Crippen MR) is 86.7 cm³/mol. The summed E-state index contributed by atoms with van der Waals surface area (Å²) in [6, 6.07) is 0. The average Bonchev–Trinajstić information content (AvgIpc) is 2.66. The normalized spacial score (nSPS) is 13.8. The Hall–Kier alpha value is -0.520. The van der Waals surface area contributed by atoms with E-state index in [2.05, 4.69) is 0 Å². The molecule has 0 amide bonds. The molecule has 0 radical (unpaired) electrons. The Kier molecular flexibility index (Phi) is 20.4. The molecule has 2 atom stereocenters. The summed E-state index contributed by atoms with van der Waals surface area (Å²) in [7, 11) is 0. The lowest BCUT2D eigenvalue weighted by Gasteiger charge is -2.09. The van der Waals surface area contributed by atoms with Crippen LogP contribution in [0.25, 0.3) is 0 Å². The first kappa shape index (κ1) is 25.5. The molecule has 158 valence electrons. The average molecular weight is 394 g/mol. The highest BCUT2D eigenvalue weighted by atomic mass is 19.2. The standard InChI is InChI=1S/C16H30F4O6/c17-11-15(19)13-25-9-7-23-5-3-21-1-2-22-4-6-24-8-10-26-14-16(20)12-18/h15-16H,1-14H2. The SMILES string of the molecule is FCC(F)COCCOCCOCCOCCOCCOCC(F)CF. The van der Waals surface area contributed by atoms with E-state index in [9.17, 15) is 17.6 Å². The van der Waals surface area contributed by atoms with Gasteiger partial charge in [-0.2, -0.15) is 0 Å². The van der Waals surface area contributed by atoms with E-state index < -0.39 is 25.7 Å². The van der Waals surface area contributed by atoms with Crippen molar-refractivity contribution in [2.75, 3.05) is 92.6 Å². The number of halogens is 4. The number of hydrogen-bond acceptors (Lipinski definition) is 6. The molecule has 0 fully saturated rings. The first-order valence-corrected chi connectivity index (χ1v) is 8.57. The molecule has 0 spiro atoms. The van der Waals surface area contributed by atoms with E-state index in [0.717, 1.165) is 0 Å². The summed E-state index contributed by atoms with van der Waals surface area (Å²) in [6.07, 6.45) is -3.15. The van der Waals surface area contributed by atoms with E-state index in [1.165, 1.54) is 0 Å². The topological polar surface area (TPSA) is 55.4 Å². The van der Waals surface area contributed by atoms with Crippen LogP contribution in [0, 0.1) is 0 Å². The molecule has 0 N–H and O–H groups in total. The lowest BCUT2D eigenvalue weighted by atomic mass is 10.5. The second-order valence-corrected chi connectivity index (χ2v) is 5.10. The molecule has 0 aliphatic carbocycles. The van der Waals surface area contributed by atoms with Gasteiger partial charge in [-0.25, -0.2) is 17.6 Å². The summed E-state index contributed by atoms with van der Waals surface area (Å²) in [5, 5.41) is 0. The predicted octanol–water partition coefficient (Wildman–Crippen LogP) is 1.70. The van der Waals surface area contributed by atoms with Gasteiger partial charge in [0.15, 0.2) is 12.3 Å². The number of hydrogen-bond donors (Lipinski definition) is 0. The molecular weight excluding hydrogens is 364 g/mol. The molecule has 0 aromatic rings. The first-order chi connectivity index (χ1) is 12.7. The monoisotopic (exact) mass is 394 g/mol. The highest BCUT2D eigenvalue weighted by molar-refractivity contribution is 4.50. The van der Waals surface area contributed by atoms with E-state index >= 15 is 0 Å². The van der Waals surface area contributed by atoms with Gasteiger partial charge >= 0.3 is 0 Å². The third-order valence-electron chi connectivity index (χ3n) is 2.79. The highest BCUT2D eigenvalue weighted by Crippen LogP contribution is 1.93. The Bertz CT molecular complexity index is 253. The van der Waals surface area contributed by atoms with Gasteiger partial charge in [0.25, 0.3) is 0 Å². The third kappa shape index (κ3) is 19.8. The minimum absolute atomic E-state index is 0.207. The Morgan fingerprint density at radius 2 is 0.654 bits per heavy atom. The van der Waals surface area contributed by atoms with Crippen molar-refractivity contribution in [2.24, 2.45) is 0 Å². The van der Waals surface area contributed by atoms with Crippen LogP contribution in [0.15, 0.2) is 0 Å². The van der Waals surface area contributed by atoms with Gasteiger partial charge < -0.3 is 28.4 Å². The van der Waals surface area contributed by atoms with Crippen LogP contribution < -0.4 is 0 Å². The second-order valence-electron chi connectivity index (χ2n) is 5.10. The maximum atomic E-state index is 12.5. The number of rotatable bonds is 21. The summed E-state index contributed by atoms with van der Waals surface area (Å²) in [4.78, 5) is 0. The molecule has 26 heavy (non-hydrogen) atoms. The van der Waals surface area contributed by atoms with Crippen molar-refractivity contribution in [3.8, 4) is 0 Å². The maximum Gasteiger partial charge on any atom is 0.151 e. The maximum absolute atomic E-state index is 12.5. The van der Waals surface area contributed by atoms with Crippen LogP contribution in [0.4, 0.5) is 17.6 Å². The summed E-state index contributed by atoms with van der Waals surface area (Å²) in [5.41, 5.74) is 0. The molecule has 10 heteroatoms. The van der Waals surface area contributed by atoms with Crippen LogP contribution in [-0.4, -0.2) is 105 Å². The van der Waals surface area contributed by atoms with Gasteiger partial charge in [-0.3, -0.25) is 0 Å². The number of ether oxygens (including phenoxy) is 6. The van der Waals surface area contributed by atoms with Crippen molar-refractivity contribution in [3.05, 3.63) is 0 Å². The van der Waals surface area contributed by atoms with Gasteiger partial charge in [0, 0.05) is 0 Å². The van der Waals surface area contributed by atoms with Crippen molar-refractivity contribution in [3.63, 3.8) is 0 Å². The van der Waals surface area contributed by atoms with Gasteiger partial charge in [0.05, 0.1) is 79.3 Å². The van der Waals surface area contributed by atoms with Gasteiger partial charge in [0.2, 0.25) is 0 Å². The Labute approximate surface area is 152 Å². The lowest BCUT2D eigenvalue weighted by molar-refractivity contribution is -0.0222. The van der Waals surface area contributed by atoms with E-state index in [1.54, 1.807) is 0 Å². The fourth-order valence-corrected chi connectivity index (χ4v) is 1.51. The van der Waals surface area contributed by atoms with Gasteiger partial charge in [-0.15, -0.1) is 0 Å². The quantitative estimate of drug-likeness (QED) is 0.218. The van der Waals surface area contributed by atoms with Crippen molar-refractivity contribution >= 4 is 0 Å². The van der Waals surface area contributed by atoms with Gasteiger partial charge in [-0.05, 0) is 0 Å². The zero-order valence-corrected chi connectivity index (χ0v) is 15.0. The molecular formula is C16H30F4O6. The summed E-state index contributed by atoms with van der Waals surface area (Å²) < 4.78 is 79.1. The van der Waals surface area contributed by atoms with E-state index in [1.807, 2.05) is 0 Å². The fraction of sp³-hybridized carbons (Fsp3) is 1.00. The molecule has 0 aliphatic rings. The van der Waals surface area contributed by atoms with Crippen molar-refractivity contribution in [1.82, 2.24) is 0 Å². The van der Waals surface area contributed by atoms with Crippen LogP contribution in [0.1, 0.15) is 0 Å². The molecule has 0 aliphatic heterocycles. The summed E-state index contributed by atoms with van der Waals surface area (Å²) >= 11 is 0. The van der Waals surface area contributed by atoms with Gasteiger partial charge in [-0.1, -0.05) is 0 Å². The van der Waals surface area contributed by atoms with E-state index in [4.69, 9.17) is 28.4 Å². The van der Waals surface area contributed by atoms with Crippen LogP contribution in [0.5, 0.6) is 0 Å². The van der Waals surface area contributed by atoms with Crippen LogP contribution in [0.3, 0.4) is 0 Å². The first-order valence-electron chi connectivity index (χ1n) is 8.57. The minimum Gasteiger partial charge on any atom is -0.377 e. The molecule has 0 saturated carbocycles. The Morgan fingerprint density at radius 1 is 0.423 bits per heavy atom. The van der Waals surface area contributed by atoms with E-state index in [0.29, 0.717) is 52.9 Å². The van der Waals surface area contributed by atoms with Gasteiger partial charge in [0.1, 0.15) is 13.3 Å². The van der Waals surface area contributed by atoms with E-state index in [-0.39, 0.29) is 26.4 Å². The largest absolute Gasteiger partial charge is 0.377 e. The molecule has 6 nitrogen and oxygen atoms in total. The molecule has 0 aromatic heterocycles. The summed E-state index contributed by atoms with van der Waals surface area (Å²) in [6.45, 7) is 0.727. The number of alkyl halides is 4. The minimum atomic E-state index is -1.58. The molecule has 0 aromatic carbocycles. The highest BCUT2D eigenvalue weighted by Gasteiger charge is 2.05. The fourth-order valence-electron chi connectivity index (χ4n) is 1.51. The second kappa shape index (κ2) is 20.8. The van der Waals surface area contributed by atoms with Crippen LogP contribution >= 0.6 is 0 Å². The summed E-state index contributed by atoms with van der Waals surface area (Å²) in [5.74, 6) is 0. The molecule has 0 bridgehead atoms. The zero-order chi connectivity index (χ0) is 19.3. The molecule has 0 saturated heterocycles. The lowest BCUT2D eigenvalue weighted by Crippen LogP contribution is -2.17. The molecule has 2 unspecified atom stereocenters. The van der Waals surface area contributed by atoms with Crippen LogP contribution in [0.2, 0.25) is 0 Å². The molecule has 0 heterocycles. The zero-order valence-electron chi connectivity index (χ0n) is 15.0. The van der Waals surface area contributed by atoms with Crippen molar-refractivity contribution < 1.29 is 46.0 Å². The smallest absolute Gasteiger partial charge is 0.151 e. The third-order valence-corrected chi connectivity index (χ3v) is 2.79. The van der Waals surface area contributed by atoms with Crippen molar-refractivity contribution in [1.29, 1.82) is 0 Å².